The summed E-state index contributed by atoms with van der Waals surface area (Å²) in [7, 11) is 0. The Labute approximate surface area is 162 Å². The van der Waals surface area contributed by atoms with Gasteiger partial charge in [0.2, 0.25) is 0 Å². The number of rotatable bonds is 5. The van der Waals surface area contributed by atoms with Gasteiger partial charge in [-0.2, -0.15) is 0 Å². The van der Waals surface area contributed by atoms with Crippen molar-refractivity contribution in [3.05, 3.63) is 95.3 Å². The highest BCUT2D eigenvalue weighted by Gasteiger charge is 2.49. The third-order valence-corrected chi connectivity index (χ3v) is 5.31. The highest BCUT2D eigenvalue weighted by Crippen LogP contribution is 2.54. The molecule has 0 bridgehead atoms. The number of aliphatic carboxylic acids is 1. The molecular formula is C23H20FNO3. The summed E-state index contributed by atoms with van der Waals surface area (Å²) in [6.45, 7) is 1.60. The molecule has 0 radical (unpaired) electrons. The first kappa shape index (κ1) is 18.3. The molecule has 0 heterocycles. The second-order valence-corrected chi connectivity index (χ2v) is 6.94. The van der Waals surface area contributed by atoms with Crippen LogP contribution in [0.25, 0.3) is 11.1 Å². The van der Waals surface area contributed by atoms with Crippen LogP contribution in [0.2, 0.25) is 0 Å². The lowest BCUT2D eigenvalue weighted by Gasteiger charge is -2.36. The minimum absolute atomic E-state index is 0.330. The highest BCUT2D eigenvalue weighted by molar-refractivity contribution is 5.82. The molecule has 28 heavy (non-hydrogen) atoms. The molecule has 4 rings (SSSR count). The molecule has 1 aliphatic carbocycles. The summed E-state index contributed by atoms with van der Waals surface area (Å²) in [4.78, 5) is 11.4. The van der Waals surface area contributed by atoms with E-state index in [9.17, 15) is 9.90 Å². The van der Waals surface area contributed by atoms with Crippen molar-refractivity contribution >= 4 is 5.97 Å². The van der Waals surface area contributed by atoms with Crippen LogP contribution in [0.4, 0.5) is 4.39 Å². The largest absolute Gasteiger partial charge is 0.480 e. The fourth-order valence-corrected chi connectivity index (χ4v) is 3.98. The Hall–Kier alpha value is -3.02. The normalized spacial score (nSPS) is 16.1. The number of carbonyl (C=O) groups is 1. The Morgan fingerprint density at radius 3 is 1.89 bits per heavy atom. The molecule has 3 aromatic carbocycles. The second kappa shape index (κ2) is 6.86. The molecule has 142 valence electrons. The summed E-state index contributed by atoms with van der Waals surface area (Å²) >= 11 is 0. The molecule has 0 aliphatic heterocycles. The number of ether oxygens (including phenoxy) is 1. The molecule has 0 saturated heterocycles. The van der Waals surface area contributed by atoms with Gasteiger partial charge in [-0.15, -0.1) is 0 Å². The first-order valence-electron chi connectivity index (χ1n) is 9.07. The zero-order valence-corrected chi connectivity index (χ0v) is 15.3. The Bertz CT molecular complexity index is 1000. The van der Waals surface area contributed by atoms with Gasteiger partial charge in [-0.25, -0.2) is 4.39 Å². The van der Waals surface area contributed by atoms with Crippen LogP contribution in [-0.2, 0) is 15.1 Å². The predicted octanol–water partition coefficient (Wildman–Crippen LogP) is 3.92. The van der Waals surface area contributed by atoms with Crippen molar-refractivity contribution in [3.63, 3.8) is 0 Å². The maximum Gasteiger partial charge on any atom is 0.323 e. The Morgan fingerprint density at radius 2 is 1.39 bits per heavy atom. The van der Waals surface area contributed by atoms with Gasteiger partial charge in [-0.05, 0) is 24.1 Å². The number of carboxylic acid groups (broad SMARTS) is 1. The summed E-state index contributed by atoms with van der Waals surface area (Å²) in [5.74, 6) is -1.60. The highest BCUT2D eigenvalue weighted by atomic mass is 19.1. The number of benzene rings is 3. The average molecular weight is 377 g/mol. The fraction of sp³-hybridized carbons (Fsp3) is 0.174. The lowest BCUT2D eigenvalue weighted by atomic mass is 9.83. The van der Waals surface area contributed by atoms with E-state index in [2.05, 4.69) is 0 Å². The SMILES string of the molecule is C[C@@H](OC1(c2ccccc2F)c2ccccc2-c2ccccc21)[C@H](N)C(=O)O. The van der Waals surface area contributed by atoms with Gasteiger partial charge < -0.3 is 15.6 Å². The van der Waals surface area contributed by atoms with Gasteiger partial charge in [0, 0.05) is 16.7 Å². The van der Waals surface area contributed by atoms with Crippen LogP contribution in [0.1, 0.15) is 23.6 Å². The van der Waals surface area contributed by atoms with E-state index >= 15 is 4.39 Å². The van der Waals surface area contributed by atoms with E-state index in [1.807, 2.05) is 48.5 Å². The Morgan fingerprint density at radius 1 is 0.929 bits per heavy atom. The molecule has 3 aromatic rings. The first-order chi connectivity index (χ1) is 13.5. The van der Waals surface area contributed by atoms with E-state index in [0.717, 1.165) is 22.3 Å². The minimum Gasteiger partial charge on any atom is -0.480 e. The smallest absolute Gasteiger partial charge is 0.323 e. The number of fused-ring (bicyclic) bond motifs is 3. The van der Waals surface area contributed by atoms with Crippen molar-refractivity contribution in [1.82, 2.24) is 0 Å². The second-order valence-electron chi connectivity index (χ2n) is 6.94. The lowest BCUT2D eigenvalue weighted by Crippen LogP contribution is -2.46. The Kier molecular flexibility index (Phi) is 4.49. The molecular weight excluding hydrogens is 357 g/mol. The minimum atomic E-state index is -1.29. The summed E-state index contributed by atoms with van der Waals surface area (Å²) in [6, 6.07) is 20.4. The van der Waals surface area contributed by atoms with Crippen molar-refractivity contribution < 1.29 is 19.0 Å². The maximum absolute atomic E-state index is 15.1. The van der Waals surface area contributed by atoms with E-state index in [1.54, 1.807) is 25.1 Å². The van der Waals surface area contributed by atoms with Gasteiger partial charge >= 0.3 is 5.97 Å². The van der Waals surface area contributed by atoms with Crippen LogP contribution >= 0.6 is 0 Å². The van der Waals surface area contributed by atoms with E-state index < -0.39 is 29.5 Å². The zero-order chi connectivity index (χ0) is 19.9. The molecule has 0 spiro atoms. The Balaban J connectivity index is 2.02. The quantitative estimate of drug-likeness (QED) is 0.707. The van der Waals surface area contributed by atoms with E-state index in [4.69, 9.17) is 10.5 Å². The number of halogens is 1. The summed E-state index contributed by atoms with van der Waals surface area (Å²) in [5, 5.41) is 9.35. The summed E-state index contributed by atoms with van der Waals surface area (Å²) < 4.78 is 21.5. The number of nitrogens with two attached hydrogens (primary N) is 1. The van der Waals surface area contributed by atoms with Crippen molar-refractivity contribution in [2.24, 2.45) is 5.73 Å². The van der Waals surface area contributed by atoms with Gasteiger partial charge in [0.1, 0.15) is 17.5 Å². The van der Waals surface area contributed by atoms with Crippen LogP contribution in [0.3, 0.4) is 0 Å². The monoisotopic (exact) mass is 377 g/mol. The molecule has 3 N–H and O–H groups in total. The molecule has 4 nitrogen and oxygen atoms in total. The van der Waals surface area contributed by atoms with Gasteiger partial charge in [0.15, 0.2) is 0 Å². The number of hydrogen-bond acceptors (Lipinski definition) is 3. The molecule has 0 aromatic heterocycles. The fourth-order valence-electron chi connectivity index (χ4n) is 3.98. The number of carboxylic acids is 1. The van der Waals surface area contributed by atoms with Crippen LogP contribution in [-0.4, -0.2) is 23.2 Å². The molecule has 5 heteroatoms. The van der Waals surface area contributed by atoms with Crippen molar-refractivity contribution in [2.75, 3.05) is 0 Å². The third kappa shape index (κ3) is 2.63. The van der Waals surface area contributed by atoms with E-state index in [-0.39, 0.29) is 0 Å². The van der Waals surface area contributed by atoms with Crippen molar-refractivity contribution in [3.8, 4) is 11.1 Å². The zero-order valence-electron chi connectivity index (χ0n) is 15.3. The van der Waals surface area contributed by atoms with Crippen LogP contribution < -0.4 is 5.73 Å². The van der Waals surface area contributed by atoms with Gasteiger partial charge in [0.25, 0.3) is 0 Å². The van der Waals surface area contributed by atoms with Gasteiger partial charge in [-0.3, -0.25) is 4.79 Å². The summed E-state index contributed by atoms with van der Waals surface area (Å²) in [5.41, 5.74) is 8.27. The van der Waals surface area contributed by atoms with Crippen molar-refractivity contribution in [1.29, 1.82) is 0 Å². The maximum atomic E-state index is 15.1. The molecule has 0 saturated carbocycles. The molecule has 1 aliphatic rings. The molecule has 0 amide bonds. The van der Waals surface area contributed by atoms with Crippen molar-refractivity contribution in [2.45, 2.75) is 24.7 Å². The molecule has 0 unspecified atom stereocenters. The molecule has 0 fully saturated rings. The van der Waals surface area contributed by atoms with E-state index in [0.29, 0.717) is 5.56 Å². The lowest BCUT2D eigenvalue weighted by molar-refractivity contribution is -0.144. The molecule has 2 atom stereocenters. The third-order valence-electron chi connectivity index (χ3n) is 5.31. The van der Waals surface area contributed by atoms with Crippen LogP contribution in [0.15, 0.2) is 72.8 Å². The van der Waals surface area contributed by atoms with Gasteiger partial charge in [0.05, 0.1) is 6.10 Å². The predicted molar refractivity (Wildman–Crippen MR) is 104 cm³/mol. The van der Waals surface area contributed by atoms with Gasteiger partial charge in [-0.1, -0.05) is 66.7 Å². The van der Waals surface area contributed by atoms with Crippen LogP contribution in [0.5, 0.6) is 0 Å². The average Bonchev–Trinajstić information content (AvgIpc) is 2.99. The summed E-state index contributed by atoms with van der Waals surface area (Å²) in [6.07, 6.45) is -0.865. The standard InChI is InChI=1S/C23H20FNO3/c1-14(21(25)22(26)27)28-23(19-12-6-7-13-20(19)24)17-10-4-2-8-15(17)16-9-3-5-11-18(16)23/h2-14,21H,25H2,1H3,(H,26,27)/t14-,21+/m1/s1. The van der Waals surface area contributed by atoms with Crippen LogP contribution in [0, 0.1) is 5.82 Å². The first-order valence-corrected chi connectivity index (χ1v) is 9.07. The number of hydrogen-bond donors (Lipinski definition) is 2. The van der Waals surface area contributed by atoms with E-state index in [1.165, 1.54) is 6.07 Å². The topological polar surface area (TPSA) is 72.5 Å².